The third-order valence-corrected chi connectivity index (χ3v) is 5.20. The van der Waals surface area contributed by atoms with Gasteiger partial charge in [-0.1, -0.05) is 30.3 Å². The van der Waals surface area contributed by atoms with Crippen LogP contribution in [0.3, 0.4) is 0 Å². The molecule has 0 saturated carbocycles. The Bertz CT molecular complexity index is 844. The minimum Gasteiger partial charge on any atom is -0.434 e. The Morgan fingerprint density at radius 1 is 1.07 bits per heavy atom. The minimum atomic E-state index is -2.91. The van der Waals surface area contributed by atoms with Crippen LogP contribution < -0.4 is 20.3 Å². The maximum absolute atomic E-state index is 13.4. The lowest BCUT2D eigenvalue weighted by atomic mass is 9.84. The number of ether oxygens (including phenoxy) is 1. The topological polar surface area (TPSA) is 53.6 Å². The molecule has 5 nitrogen and oxygen atoms in total. The van der Waals surface area contributed by atoms with E-state index in [4.69, 9.17) is 0 Å². The van der Waals surface area contributed by atoms with Crippen LogP contribution in [0.1, 0.15) is 18.4 Å². The third kappa shape index (κ3) is 3.77. The highest BCUT2D eigenvalue weighted by atomic mass is 35.5. The van der Waals surface area contributed by atoms with Gasteiger partial charge in [-0.15, -0.1) is 12.4 Å². The van der Waals surface area contributed by atoms with Crippen molar-refractivity contribution in [3.63, 3.8) is 0 Å². The summed E-state index contributed by atoms with van der Waals surface area (Å²) in [5.74, 6) is 0.0604. The fourth-order valence-electron chi connectivity index (χ4n) is 3.86. The zero-order valence-corrected chi connectivity index (χ0v) is 16.0. The number of piperidine rings is 1. The van der Waals surface area contributed by atoms with Crippen LogP contribution >= 0.6 is 12.4 Å². The van der Waals surface area contributed by atoms with Crippen molar-refractivity contribution < 1.29 is 18.3 Å². The van der Waals surface area contributed by atoms with E-state index in [0.29, 0.717) is 18.4 Å². The van der Waals surface area contributed by atoms with Crippen molar-refractivity contribution in [1.29, 1.82) is 0 Å². The van der Waals surface area contributed by atoms with Gasteiger partial charge in [0, 0.05) is 5.56 Å². The molecule has 4 rings (SSSR count). The number of rotatable bonds is 4. The monoisotopic (exact) mass is 409 g/mol. The lowest BCUT2D eigenvalue weighted by molar-refractivity contribution is -0.124. The molecule has 1 saturated heterocycles. The van der Waals surface area contributed by atoms with Crippen molar-refractivity contribution in [3.05, 3.63) is 54.1 Å². The molecule has 0 radical (unpaired) electrons. The van der Waals surface area contributed by atoms with Crippen molar-refractivity contribution in [2.45, 2.75) is 31.5 Å². The van der Waals surface area contributed by atoms with E-state index in [1.807, 2.05) is 24.3 Å². The smallest absolute Gasteiger partial charge is 0.387 e. The van der Waals surface area contributed by atoms with Crippen LogP contribution in [-0.4, -0.2) is 31.1 Å². The fourth-order valence-corrected chi connectivity index (χ4v) is 3.86. The molecule has 0 unspecified atom stereocenters. The molecule has 2 N–H and O–H groups in total. The van der Waals surface area contributed by atoms with Gasteiger partial charge < -0.3 is 20.3 Å². The molecule has 28 heavy (non-hydrogen) atoms. The predicted molar refractivity (Wildman–Crippen MR) is 106 cm³/mol. The quantitative estimate of drug-likeness (QED) is 0.806. The summed E-state index contributed by atoms with van der Waals surface area (Å²) in [6, 6.07) is 14.2. The van der Waals surface area contributed by atoms with Crippen LogP contribution in [0.2, 0.25) is 0 Å². The molecule has 2 aromatic carbocycles. The van der Waals surface area contributed by atoms with Gasteiger partial charge >= 0.3 is 6.61 Å². The van der Waals surface area contributed by atoms with E-state index in [1.165, 1.54) is 6.07 Å². The Kier molecular flexibility index (Phi) is 6.05. The van der Waals surface area contributed by atoms with E-state index in [2.05, 4.69) is 15.4 Å². The van der Waals surface area contributed by atoms with Crippen LogP contribution in [0, 0.1) is 0 Å². The second-order valence-electron chi connectivity index (χ2n) is 6.85. The summed E-state index contributed by atoms with van der Waals surface area (Å²) in [6.07, 6.45) is 1.34. The molecular formula is C20H22ClF2N3O2. The number of nitrogens with zero attached hydrogens (tertiary/aromatic N) is 1. The summed E-state index contributed by atoms with van der Waals surface area (Å²) in [4.78, 5) is 15.1. The van der Waals surface area contributed by atoms with Crippen molar-refractivity contribution >= 4 is 29.7 Å². The van der Waals surface area contributed by atoms with Gasteiger partial charge in [-0.3, -0.25) is 4.79 Å². The molecule has 2 heterocycles. The van der Waals surface area contributed by atoms with E-state index in [9.17, 15) is 13.6 Å². The number of nitrogens with one attached hydrogen (secondary N) is 2. The number of benzene rings is 2. The number of carbonyl (C=O) groups excluding carboxylic acids is 1. The van der Waals surface area contributed by atoms with E-state index < -0.39 is 12.2 Å². The van der Waals surface area contributed by atoms with Gasteiger partial charge in [-0.25, -0.2) is 0 Å². The number of halogens is 3. The molecule has 0 aliphatic carbocycles. The predicted octanol–water partition coefficient (Wildman–Crippen LogP) is 3.79. The summed E-state index contributed by atoms with van der Waals surface area (Å²) < 4.78 is 30.2. The van der Waals surface area contributed by atoms with Crippen molar-refractivity contribution in [1.82, 2.24) is 5.32 Å². The highest BCUT2D eigenvalue weighted by Crippen LogP contribution is 2.40. The van der Waals surface area contributed by atoms with E-state index >= 15 is 0 Å². The van der Waals surface area contributed by atoms with Gasteiger partial charge in [-0.05, 0) is 44.1 Å². The molecule has 1 spiro atoms. The number of anilines is 2. The number of alkyl halides is 2. The maximum Gasteiger partial charge on any atom is 0.387 e. The van der Waals surface area contributed by atoms with E-state index in [1.54, 1.807) is 23.1 Å². The molecule has 150 valence electrons. The van der Waals surface area contributed by atoms with Crippen LogP contribution in [0.15, 0.2) is 48.5 Å². The van der Waals surface area contributed by atoms with E-state index in [-0.39, 0.29) is 30.6 Å². The van der Waals surface area contributed by atoms with E-state index in [0.717, 1.165) is 24.5 Å². The van der Waals surface area contributed by atoms with Gasteiger partial charge in [0.05, 0.1) is 17.9 Å². The molecule has 1 fully saturated rings. The van der Waals surface area contributed by atoms with Crippen LogP contribution in [-0.2, 0) is 11.3 Å². The number of hydrogen-bond acceptors (Lipinski definition) is 4. The van der Waals surface area contributed by atoms with Crippen LogP contribution in [0.4, 0.5) is 20.2 Å². The maximum atomic E-state index is 13.4. The Morgan fingerprint density at radius 2 is 1.75 bits per heavy atom. The summed E-state index contributed by atoms with van der Waals surface area (Å²) >= 11 is 0. The summed E-state index contributed by atoms with van der Waals surface area (Å²) in [5.41, 5.74) is 1.51. The Morgan fingerprint density at radius 3 is 2.50 bits per heavy atom. The molecule has 1 amide bonds. The average Bonchev–Trinajstić information content (AvgIpc) is 2.67. The highest BCUT2D eigenvalue weighted by Gasteiger charge is 2.46. The normalized spacial score (nSPS) is 17.7. The molecular weight excluding hydrogens is 388 g/mol. The molecule has 2 aliphatic heterocycles. The van der Waals surface area contributed by atoms with Crippen molar-refractivity contribution in [2.24, 2.45) is 0 Å². The van der Waals surface area contributed by atoms with Crippen molar-refractivity contribution in [3.8, 4) is 5.75 Å². The number of hydrogen-bond donors (Lipinski definition) is 2. The van der Waals surface area contributed by atoms with Gasteiger partial charge in [-0.2, -0.15) is 8.78 Å². The summed E-state index contributed by atoms with van der Waals surface area (Å²) in [5, 5.41) is 6.72. The lowest BCUT2D eigenvalue weighted by Gasteiger charge is -2.46. The largest absolute Gasteiger partial charge is 0.434 e. The number of fused-ring (bicyclic) bond motifs is 1. The SMILES string of the molecule is Cl.O=C1N(Cc2ccccc2OC(F)F)c2ccccc2NC12CCNCC2. The second kappa shape index (κ2) is 8.32. The van der Waals surface area contributed by atoms with Gasteiger partial charge in [0.2, 0.25) is 0 Å². The molecule has 8 heteroatoms. The lowest BCUT2D eigenvalue weighted by Crippen LogP contribution is -2.61. The molecule has 0 atom stereocenters. The third-order valence-electron chi connectivity index (χ3n) is 5.20. The Labute approximate surface area is 168 Å². The minimum absolute atomic E-state index is 0. The molecule has 0 bridgehead atoms. The number of amides is 1. The number of para-hydroxylation sites is 3. The summed E-state index contributed by atoms with van der Waals surface area (Å²) in [6.45, 7) is -1.23. The zero-order valence-electron chi connectivity index (χ0n) is 15.2. The van der Waals surface area contributed by atoms with Gasteiger partial charge in [0.1, 0.15) is 11.3 Å². The first kappa shape index (κ1) is 20.4. The summed E-state index contributed by atoms with van der Waals surface area (Å²) in [7, 11) is 0. The van der Waals surface area contributed by atoms with Gasteiger partial charge in [0.25, 0.3) is 5.91 Å². The average molecular weight is 410 g/mol. The zero-order chi connectivity index (χ0) is 18.9. The first-order chi connectivity index (χ1) is 13.1. The standard InChI is InChI=1S/C20H21F2N3O2.ClH/c21-19(22)27-17-8-4-1-5-14(17)13-25-16-7-3-2-6-15(16)24-20(18(25)26)9-11-23-12-10-20;/h1-8,19,23-24H,9-13H2;1H. The Balaban J connectivity index is 0.00000225. The van der Waals surface area contributed by atoms with Crippen LogP contribution in [0.5, 0.6) is 5.75 Å². The highest BCUT2D eigenvalue weighted by molar-refractivity contribution is 6.08. The van der Waals surface area contributed by atoms with Crippen LogP contribution in [0.25, 0.3) is 0 Å². The fraction of sp³-hybridized carbons (Fsp3) is 0.350. The molecule has 2 aromatic rings. The Hall–Kier alpha value is -2.38. The first-order valence-corrected chi connectivity index (χ1v) is 9.02. The second-order valence-corrected chi connectivity index (χ2v) is 6.85. The van der Waals surface area contributed by atoms with Gasteiger partial charge in [0.15, 0.2) is 0 Å². The first-order valence-electron chi connectivity index (χ1n) is 9.02. The molecule has 0 aromatic heterocycles. The van der Waals surface area contributed by atoms with Crippen molar-refractivity contribution in [2.75, 3.05) is 23.3 Å². The number of carbonyl (C=O) groups is 1. The molecule has 2 aliphatic rings.